The maximum Gasteiger partial charge on any atom is 0.298 e. The van der Waals surface area contributed by atoms with Gasteiger partial charge in [-0.1, -0.05) is 24.3 Å². The van der Waals surface area contributed by atoms with E-state index in [2.05, 4.69) is 11.4 Å². The Morgan fingerprint density at radius 1 is 1.27 bits per heavy atom. The Kier molecular flexibility index (Phi) is 4.79. The lowest BCUT2D eigenvalue weighted by Crippen LogP contribution is -2.14. The molecule has 2 N–H and O–H groups in total. The monoisotopic (exact) mass is 320 g/mol. The summed E-state index contributed by atoms with van der Waals surface area (Å²) in [5.74, 6) is -0.564. The van der Waals surface area contributed by atoms with Crippen molar-refractivity contribution in [2.75, 3.05) is 11.9 Å². The average Bonchev–Trinajstić information content (AvgIpc) is 2.49. The third-order valence-corrected chi connectivity index (χ3v) is 3.62. The highest BCUT2D eigenvalue weighted by Crippen LogP contribution is 2.32. The Bertz CT molecular complexity index is 772. The van der Waals surface area contributed by atoms with E-state index in [1.807, 2.05) is 0 Å². The Morgan fingerprint density at radius 2 is 2.05 bits per heavy atom. The van der Waals surface area contributed by atoms with Crippen molar-refractivity contribution in [1.29, 1.82) is 0 Å². The van der Waals surface area contributed by atoms with Crippen LogP contribution in [0.15, 0.2) is 47.4 Å². The Hall–Kier alpha value is -2.38. The fraction of sp³-hybridized carbons (Fsp3) is 0.133. The molecule has 7 heteroatoms. The van der Waals surface area contributed by atoms with Gasteiger partial charge in [-0.25, -0.2) is 0 Å². The lowest BCUT2D eigenvalue weighted by Gasteiger charge is -2.14. The number of hydrogen-bond acceptors (Lipinski definition) is 4. The van der Waals surface area contributed by atoms with Gasteiger partial charge >= 0.3 is 0 Å². The van der Waals surface area contributed by atoms with Crippen molar-refractivity contribution in [2.45, 2.75) is 11.8 Å². The van der Waals surface area contributed by atoms with E-state index in [0.717, 1.165) is 0 Å². The van der Waals surface area contributed by atoms with Crippen LogP contribution in [-0.2, 0) is 10.1 Å². The van der Waals surface area contributed by atoms with Gasteiger partial charge in [0.2, 0.25) is 0 Å². The first-order chi connectivity index (χ1) is 10.4. The number of hydrogen-bond donors (Lipinski definition) is 2. The van der Waals surface area contributed by atoms with Gasteiger partial charge < -0.3 is 10.1 Å². The van der Waals surface area contributed by atoms with Gasteiger partial charge in [0, 0.05) is 5.56 Å². The molecule has 1 radical (unpaired) electrons. The first-order valence-electron chi connectivity index (χ1n) is 6.45. The van der Waals surface area contributed by atoms with E-state index in [1.54, 1.807) is 31.2 Å². The fourth-order valence-corrected chi connectivity index (χ4v) is 2.49. The molecule has 22 heavy (non-hydrogen) atoms. The van der Waals surface area contributed by atoms with Crippen LogP contribution in [0, 0.1) is 6.07 Å². The van der Waals surface area contributed by atoms with Crippen molar-refractivity contribution in [3.63, 3.8) is 0 Å². The maximum atomic E-state index is 12.1. The molecule has 0 atom stereocenters. The molecule has 0 aromatic heterocycles. The summed E-state index contributed by atoms with van der Waals surface area (Å²) in [5.41, 5.74) is 0.446. The largest absolute Gasteiger partial charge is 0.490 e. The quantitative estimate of drug-likeness (QED) is 0.825. The van der Waals surface area contributed by atoms with Gasteiger partial charge in [0.05, 0.1) is 12.3 Å². The van der Waals surface area contributed by atoms with E-state index in [-0.39, 0.29) is 18.0 Å². The Morgan fingerprint density at radius 3 is 2.64 bits per heavy atom. The van der Waals surface area contributed by atoms with Gasteiger partial charge in [-0.15, -0.1) is 0 Å². The second-order valence-corrected chi connectivity index (χ2v) is 5.66. The summed E-state index contributed by atoms with van der Waals surface area (Å²) in [6.45, 7) is 1.84. The molecular weight excluding hydrogens is 306 g/mol. The van der Waals surface area contributed by atoms with Gasteiger partial charge in [-0.2, -0.15) is 8.42 Å². The minimum Gasteiger partial charge on any atom is -0.490 e. The topological polar surface area (TPSA) is 92.7 Å². The number of benzene rings is 2. The van der Waals surface area contributed by atoms with E-state index < -0.39 is 20.9 Å². The molecular formula is C15H14NO5S. The summed E-state index contributed by atoms with van der Waals surface area (Å²) in [6.07, 6.45) is 0. The first-order valence-corrected chi connectivity index (χ1v) is 7.89. The molecule has 0 unspecified atom stereocenters. The molecule has 0 aliphatic carbocycles. The van der Waals surface area contributed by atoms with Crippen molar-refractivity contribution in [3.8, 4) is 5.75 Å². The highest BCUT2D eigenvalue weighted by atomic mass is 32.2. The maximum absolute atomic E-state index is 12.1. The summed E-state index contributed by atoms with van der Waals surface area (Å²) in [4.78, 5) is 11.7. The molecule has 0 saturated carbocycles. The molecule has 2 rings (SSSR count). The molecule has 0 fully saturated rings. The lowest BCUT2D eigenvalue weighted by atomic mass is 10.2. The summed E-state index contributed by atoms with van der Waals surface area (Å²) < 4.78 is 37.3. The van der Waals surface area contributed by atoms with Crippen molar-refractivity contribution in [2.24, 2.45) is 0 Å². The number of carbonyl (C=O) groups is 1. The van der Waals surface area contributed by atoms with Crippen LogP contribution in [0.4, 0.5) is 5.69 Å². The zero-order valence-electron chi connectivity index (χ0n) is 11.7. The summed E-state index contributed by atoms with van der Waals surface area (Å²) in [7, 11) is -4.46. The van der Waals surface area contributed by atoms with Crippen LogP contribution >= 0.6 is 0 Å². The van der Waals surface area contributed by atoms with Crippen LogP contribution < -0.4 is 10.1 Å². The fourth-order valence-electron chi connectivity index (χ4n) is 1.83. The van der Waals surface area contributed by atoms with Crippen molar-refractivity contribution in [1.82, 2.24) is 0 Å². The predicted molar refractivity (Wildman–Crippen MR) is 80.7 cm³/mol. The number of amides is 1. The number of anilines is 1. The highest BCUT2D eigenvalue weighted by Gasteiger charge is 2.21. The van der Waals surface area contributed by atoms with E-state index in [4.69, 9.17) is 4.74 Å². The van der Waals surface area contributed by atoms with Crippen LogP contribution in [0.3, 0.4) is 0 Å². The third kappa shape index (κ3) is 3.63. The van der Waals surface area contributed by atoms with Crippen LogP contribution in [0.2, 0.25) is 0 Å². The van der Waals surface area contributed by atoms with E-state index in [9.17, 15) is 17.8 Å². The molecule has 2 aromatic carbocycles. The number of para-hydroxylation sites is 1. The second-order valence-electron chi connectivity index (χ2n) is 4.27. The zero-order valence-corrected chi connectivity index (χ0v) is 12.6. The van der Waals surface area contributed by atoms with Crippen LogP contribution in [0.25, 0.3) is 0 Å². The lowest BCUT2D eigenvalue weighted by molar-refractivity contribution is 0.102. The normalized spacial score (nSPS) is 11.0. The third-order valence-electron chi connectivity index (χ3n) is 2.75. The standard InChI is InChI=1S/C15H14NO5S/c1-2-21-14-12(9-6-10-13(14)22(18,19)20)16-15(17)11-7-4-3-5-8-11/h3-7,9-10H,2H2,1H3,(H,16,17)(H,18,19,20). The van der Waals surface area contributed by atoms with Gasteiger partial charge in [0.15, 0.2) is 5.75 Å². The summed E-state index contributed by atoms with van der Waals surface area (Å²) in [5, 5.41) is 2.55. The van der Waals surface area contributed by atoms with Crippen molar-refractivity contribution in [3.05, 3.63) is 54.1 Å². The number of carbonyl (C=O) groups excluding carboxylic acids is 1. The van der Waals surface area contributed by atoms with E-state index in [1.165, 1.54) is 18.2 Å². The molecule has 2 aromatic rings. The molecule has 0 spiro atoms. The minimum absolute atomic E-state index is 0.100. The van der Waals surface area contributed by atoms with E-state index in [0.29, 0.717) is 5.56 Å². The molecule has 0 aliphatic heterocycles. The van der Waals surface area contributed by atoms with Crippen LogP contribution in [0.1, 0.15) is 17.3 Å². The number of ether oxygens (including phenoxy) is 1. The molecule has 0 bridgehead atoms. The molecule has 0 saturated heterocycles. The SMILES string of the molecule is CCOc1c(NC(=O)c2[c]cccc2)cccc1S(=O)(=O)O. The second kappa shape index (κ2) is 6.59. The van der Waals surface area contributed by atoms with Gasteiger partial charge in [-0.3, -0.25) is 9.35 Å². The van der Waals surface area contributed by atoms with Gasteiger partial charge in [0.25, 0.3) is 16.0 Å². The van der Waals surface area contributed by atoms with Crippen molar-refractivity contribution >= 4 is 21.7 Å². The Labute approximate surface area is 128 Å². The molecule has 0 heterocycles. The zero-order chi connectivity index (χ0) is 16.2. The summed E-state index contributed by atoms with van der Waals surface area (Å²) in [6, 6.07) is 13.4. The molecule has 6 nitrogen and oxygen atoms in total. The minimum atomic E-state index is -4.46. The van der Waals surface area contributed by atoms with E-state index >= 15 is 0 Å². The summed E-state index contributed by atoms with van der Waals surface area (Å²) >= 11 is 0. The first kappa shape index (κ1) is 16.0. The Balaban J connectivity index is 2.41. The van der Waals surface area contributed by atoms with Crippen molar-refractivity contribution < 1.29 is 22.5 Å². The molecule has 0 aliphatic rings. The van der Waals surface area contributed by atoms with Gasteiger partial charge in [0.1, 0.15) is 4.90 Å². The van der Waals surface area contributed by atoms with Crippen LogP contribution in [0.5, 0.6) is 5.75 Å². The van der Waals surface area contributed by atoms with Gasteiger partial charge in [-0.05, 0) is 31.2 Å². The predicted octanol–water partition coefficient (Wildman–Crippen LogP) is 2.38. The number of nitrogens with one attached hydrogen (secondary N) is 1. The van der Waals surface area contributed by atoms with Crippen LogP contribution in [-0.4, -0.2) is 25.5 Å². The number of rotatable bonds is 5. The molecule has 115 valence electrons. The smallest absolute Gasteiger partial charge is 0.298 e. The highest BCUT2D eigenvalue weighted by molar-refractivity contribution is 7.86. The average molecular weight is 320 g/mol. The molecule has 1 amide bonds.